The first-order valence-electron chi connectivity index (χ1n) is 6.11. The van der Waals surface area contributed by atoms with Crippen LogP contribution in [0.15, 0.2) is 23.1 Å². The lowest BCUT2D eigenvalue weighted by molar-refractivity contribution is 0.184. The van der Waals surface area contributed by atoms with Crippen LogP contribution in [0.3, 0.4) is 0 Å². The van der Waals surface area contributed by atoms with Crippen molar-refractivity contribution in [2.45, 2.75) is 17.7 Å². The van der Waals surface area contributed by atoms with Crippen LogP contribution in [0.4, 0.5) is 5.69 Å². The van der Waals surface area contributed by atoms with Gasteiger partial charge in [-0.05, 0) is 37.0 Å². The van der Waals surface area contributed by atoms with E-state index < -0.39 is 10.0 Å². The van der Waals surface area contributed by atoms with E-state index in [1.54, 1.807) is 0 Å². The Morgan fingerprint density at radius 2 is 2.26 bits per heavy atom. The number of nitrogens with one attached hydrogen (secondary N) is 1. The minimum Gasteiger partial charge on any atom is -0.398 e. The molecule has 5 nitrogen and oxygen atoms in total. The number of hydrogen-bond donors (Lipinski definition) is 2. The summed E-state index contributed by atoms with van der Waals surface area (Å²) in [5.41, 5.74) is 5.83. The van der Waals surface area contributed by atoms with Gasteiger partial charge < -0.3 is 10.5 Å². The lowest BCUT2D eigenvalue weighted by Gasteiger charge is -2.11. The molecule has 3 N–H and O–H groups in total. The first kappa shape index (κ1) is 14.6. The molecule has 1 aromatic carbocycles. The third kappa shape index (κ3) is 3.82. The smallest absolute Gasteiger partial charge is 0.242 e. The summed E-state index contributed by atoms with van der Waals surface area (Å²) in [7, 11) is -3.57. The summed E-state index contributed by atoms with van der Waals surface area (Å²) in [6.07, 6.45) is 1.76. The van der Waals surface area contributed by atoms with Crippen LogP contribution in [-0.2, 0) is 14.8 Å². The molecule has 0 aliphatic carbocycles. The van der Waals surface area contributed by atoms with Gasteiger partial charge in [0.05, 0.1) is 5.69 Å². The van der Waals surface area contributed by atoms with Gasteiger partial charge in [0, 0.05) is 24.8 Å². The van der Waals surface area contributed by atoms with Gasteiger partial charge >= 0.3 is 0 Å². The molecule has 1 aliphatic heterocycles. The SMILES string of the molecule is Nc1cc(Cl)ccc1S(=O)(=O)NCCC1CCOC1. The average molecular weight is 305 g/mol. The lowest BCUT2D eigenvalue weighted by atomic mass is 10.1. The van der Waals surface area contributed by atoms with Gasteiger partial charge in [0.25, 0.3) is 0 Å². The summed E-state index contributed by atoms with van der Waals surface area (Å²) in [5, 5.41) is 0.416. The van der Waals surface area contributed by atoms with Crippen LogP contribution in [0.1, 0.15) is 12.8 Å². The van der Waals surface area contributed by atoms with Crippen molar-refractivity contribution >= 4 is 27.3 Å². The molecule has 2 rings (SSSR count). The molecule has 0 spiro atoms. The van der Waals surface area contributed by atoms with Gasteiger partial charge in [-0.15, -0.1) is 0 Å². The number of benzene rings is 1. The predicted molar refractivity (Wildman–Crippen MR) is 74.6 cm³/mol. The summed E-state index contributed by atoms with van der Waals surface area (Å²) in [4.78, 5) is 0.0690. The van der Waals surface area contributed by atoms with E-state index in [1.165, 1.54) is 18.2 Å². The van der Waals surface area contributed by atoms with E-state index in [0.29, 0.717) is 24.1 Å². The molecule has 106 valence electrons. The first-order chi connectivity index (χ1) is 8.99. The third-order valence-electron chi connectivity index (χ3n) is 3.13. The van der Waals surface area contributed by atoms with Crippen molar-refractivity contribution in [3.8, 4) is 0 Å². The normalized spacial score (nSPS) is 19.7. The Kier molecular flexibility index (Phi) is 4.67. The second kappa shape index (κ2) is 6.09. The second-order valence-electron chi connectivity index (χ2n) is 4.60. The molecule has 1 aliphatic rings. The molecule has 0 amide bonds. The zero-order valence-electron chi connectivity index (χ0n) is 10.4. The molecule has 1 fully saturated rings. The van der Waals surface area contributed by atoms with E-state index in [4.69, 9.17) is 22.1 Å². The van der Waals surface area contributed by atoms with Crippen LogP contribution in [0.5, 0.6) is 0 Å². The molecular weight excluding hydrogens is 288 g/mol. The highest BCUT2D eigenvalue weighted by molar-refractivity contribution is 7.89. The number of ether oxygens (including phenoxy) is 1. The zero-order chi connectivity index (χ0) is 13.9. The Bertz CT molecular complexity index is 542. The van der Waals surface area contributed by atoms with Gasteiger partial charge in [0.15, 0.2) is 0 Å². The summed E-state index contributed by atoms with van der Waals surface area (Å²) in [6.45, 7) is 1.87. The summed E-state index contributed by atoms with van der Waals surface area (Å²) in [6, 6.07) is 4.36. The lowest BCUT2D eigenvalue weighted by Crippen LogP contribution is -2.27. The van der Waals surface area contributed by atoms with Crippen molar-refractivity contribution in [3.63, 3.8) is 0 Å². The molecule has 19 heavy (non-hydrogen) atoms. The average Bonchev–Trinajstić information content (AvgIpc) is 2.81. The molecule has 0 aromatic heterocycles. The highest BCUT2D eigenvalue weighted by Gasteiger charge is 2.19. The quantitative estimate of drug-likeness (QED) is 0.810. The standard InChI is InChI=1S/C12H17ClN2O3S/c13-10-1-2-12(11(14)7-10)19(16,17)15-5-3-9-4-6-18-8-9/h1-2,7,9,15H,3-6,8,14H2. The topological polar surface area (TPSA) is 81.4 Å². The molecule has 1 aromatic rings. The van der Waals surface area contributed by atoms with Crippen molar-refractivity contribution in [2.75, 3.05) is 25.5 Å². The number of nitrogens with two attached hydrogens (primary N) is 1. The van der Waals surface area contributed by atoms with E-state index in [0.717, 1.165) is 19.4 Å². The van der Waals surface area contributed by atoms with Crippen molar-refractivity contribution in [1.82, 2.24) is 4.72 Å². The van der Waals surface area contributed by atoms with Crippen molar-refractivity contribution in [1.29, 1.82) is 0 Å². The molecule has 1 heterocycles. The van der Waals surface area contributed by atoms with Gasteiger partial charge in [0.2, 0.25) is 10.0 Å². The van der Waals surface area contributed by atoms with Gasteiger partial charge in [-0.3, -0.25) is 0 Å². The highest BCUT2D eigenvalue weighted by Crippen LogP contribution is 2.22. The Balaban J connectivity index is 1.97. The van der Waals surface area contributed by atoms with Crippen LogP contribution in [0.25, 0.3) is 0 Å². The van der Waals surface area contributed by atoms with Crippen LogP contribution >= 0.6 is 11.6 Å². The molecule has 1 unspecified atom stereocenters. The predicted octanol–water partition coefficient (Wildman–Crippen LogP) is 1.63. The molecule has 1 atom stereocenters. The van der Waals surface area contributed by atoms with E-state index in [1.807, 2.05) is 0 Å². The maximum Gasteiger partial charge on any atom is 0.242 e. The summed E-state index contributed by atoms with van der Waals surface area (Å²) in [5.74, 6) is 0.435. The fourth-order valence-electron chi connectivity index (χ4n) is 2.05. The number of hydrogen-bond acceptors (Lipinski definition) is 4. The van der Waals surface area contributed by atoms with E-state index in [-0.39, 0.29) is 10.6 Å². The van der Waals surface area contributed by atoms with Crippen molar-refractivity contribution in [2.24, 2.45) is 5.92 Å². The number of sulfonamides is 1. The summed E-state index contributed by atoms with van der Waals surface area (Å²) >= 11 is 5.75. The third-order valence-corrected chi connectivity index (χ3v) is 4.90. The number of rotatable bonds is 5. The number of anilines is 1. The van der Waals surface area contributed by atoms with Crippen LogP contribution in [-0.4, -0.2) is 28.2 Å². The molecule has 0 bridgehead atoms. The fourth-order valence-corrected chi connectivity index (χ4v) is 3.39. The monoisotopic (exact) mass is 304 g/mol. The second-order valence-corrected chi connectivity index (χ2v) is 6.77. The molecule has 1 saturated heterocycles. The Morgan fingerprint density at radius 3 is 2.89 bits per heavy atom. The first-order valence-corrected chi connectivity index (χ1v) is 7.97. The van der Waals surface area contributed by atoms with Crippen LogP contribution in [0.2, 0.25) is 5.02 Å². The number of nitrogen functional groups attached to an aromatic ring is 1. The van der Waals surface area contributed by atoms with E-state index >= 15 is 0 Å². The largest absolute Gasteiger partial charge is 0.398 e. The van der Waals surface area contributed by atoms with Crippen molar-refractivity contribution < 1.29 is 13.2 Å². The number of halogens is 1. The molecular formula is C12H17ClN2O3S. The zero-order valence-corrected chi connectivity index (χ0v) is 12.0. The Hall–Kier alpha value is -0.820. The molecule has 0 saturated carbocycles. The molecule has 7 heteroatoms. The Labute approximate surface area is 118 Å². The van der Waals surface area contributed by atoms with Gasteiger partial charge in [-0.25, -0.2) is 13.1 Å². The van der Waals surface area contributed by atoms with Crippen LogP contribution < -0.4 is 10.5 Å². The minimum atomic E-state index is -3.57. The maximum absolute atomic E-state index is 12.1. The van der Waals surface area contributed by atoms with Crippen LogP contribution in [0, 0.1) is 5.92 Å². The van der Waals surface area contributed by atoms with Crippen molar-refractivity contribution in [3.05, 3.63) is 23.2 Å². The fraction of sp³-hybridized carbons (Fsp3) is 0.500. The van der Waals surface area contributed by atoms with E-state index in [2.05, 4.69) is 4.72 Å². The minimum absolute atomic E-state index is 0.0690. The Morgan fingerprint density at radius 1 is 1.47 bits per heavy atom. The van der Waals surface area contributed by atoms with Gasteiger partial charge in [0.1, 0.15) is 4.90 Å². The van der Waals surface area contributed by atoms with Gasteiger partial charge in [-0.2, -0.15) is 0 Å². The highest BCUT2D eigenvalue weighted by atomic mass is 35.5. The summed E-state index contributed by atoms with van der Waals surface area (Å²) < 4.78 is 31.9. The molecule has 0 radical (unpaired) electrons. The van der Waals surface area contributed by atoms with E-state index in [9.17, 15) is 8.42 Å². The maximum atomic E-state index is 12.1. The van der Waals surface area contributed by atoms with Gasteiger partial charge in [-0.1, -0.05) is 11.6 Å².